The molecule has 0 fully saturated rings. The first-order valence-electron chi connectivity index (χ1n) is 5.56. The van der Waals surface area contributed by atoms with Crippen molar-refractivity contribution < 1.29 is 5.11 Å². The van der Waals surface area contributed by atoms with Crippen molar-refractivity contribution in [3.05, 3.63) is 53.0 Å². The van der Waals surface area contributed by atoms with Gasteiger partial charge >= 0.3 is 0 Å². The lowest BCUT2D eigenvalue weighted by molar-refractivity contribution is 0.481. The van der Waals surface area contributed by atoms with Crippen molar-refractivity contribution in [2.45, 2.75) is 10.6 Å². The molecule has 0 unspecified atom stereocenters. The summed E-state index contributed by atoms with van der Waals surface area (Å²) in [7, 11) is 0. The second kappa shape index (κ2) is 5.00. The Morgan fingerprint density at radius 2 is 1.94 bits per heavy atom. The maximum Gasteiger partial charge on any atom is 0.123 e. The van der Waals surface area contributed by atoms with E-state index in [9.17, 15) is 5.11 Å². The van der Waals surface area contributed by atoms with Gasteiger partial charge in [-0.25, -0.2) is 4.98 Å². The molecule has 0 aliphatic carbocycles. The first kappa shape index (κ1) is 11.6. The summed E-state index contributed by atoms with van der Waals surface area (Å²) >= 11 is 3.42. The molecular formula is C14H11NOS2. The molecule has 1 heterocycles. The fraction of sp³-hybridized carbons (Fsp3) is 0.0714. The fourth-order valence-electron chi connectivity index (χ4n) is 1.85. The van der Waals surface area contributed by atoms with Crippen molar-refractivity contribution in [2.24, 2.45) is 0 Å². The van der Waals surface area contributed by atoms with E-state index in [0.29, 0.717) is 5.75 Å². The number of thiazole rings is 1. The van der Waals surface area contributed by atoms with E-state index in [2.05, 4.69) is 4.98 Å². The molecule has 18 heavy (non-hydrogen) atoms. The highest BCUT2D eigenvalue weighted by atomic mass is 32.2. The van der Waals surface area contributed by atoms with Gasteiger partial charge in [-0.1, -0.05) is 24.3 Å². The summed E-state index contributed by atoms with van der Waals surface area (Å²) in [6.07, 6.45) is 1.83. The van der Waals surface area contributed by atoms with E-state index in [-0.39, 0.29) is 0 Å². The molecule has 0 saturated carbocycles. The topological polar surface area (TPSA) is 33.1 Å². The second-order valence-corrected chi connectivity index (χ2v) is 5.84. The van der Waals surface area contributed by atoms with Crippen LogP contribution in [-0.2, 0) is 5.75 Å². The minimum absolute atomic E-state index is 0.337. The third-order valence-corrected chi connectivity index (χ3v) is 4.74. The number of nitrogens with zero attached hydrogens (tertiary/aromatic N) is 1. The number of aromatic nitrogens is 1. The van der Waals surface area contributed by atoms with Crippen LogP contribution in [0.1, 0.15) is 5.01 Å². The highest BCUT2D eigenvalue weighted by molar-refractivity contribution is 7.98. The van der Waals surface area contributed by atoms with Gasteiger partial charge < -0.3 is 5.11 Å². The Morgan fingerprint density at radius 1 is 1.11 bits per heavy atom. The van der Waals surface area contributed by atoms with Crippen LogP contribution in [0.2, 0.25) is 0 Å². The van der Waals surface area contributed by atoms with Crippen LogP contribution < -0.4 is 0 Å². The zero-order chi connectivity index (χ0) is 12.4. The molecule has 0 aliphatic rings. The summed E-state index contributed by atoms with van der Waals surface area (Å²) in [4.78, 5) is 5.46. The maximum absolute atomic E-state index is 9.83. The van der Waals surface area contributed by atoms with E-state index in [1.807, 2.05) is 41.9 Å². The number of fused-ring (bicyclic) bond motifs is 1. The molecule has 0 atom stereocenters. The Balaban J connectivity index is 1.94. The van der Waals surface area contributed by atoms with Crippen molar-refractivity contribution in [3.8, 4) is 5.75 Å². The van der Waals surface area contributed by atoms with E-state index in [1.54, 1.807) is 29.2 Å². The molecule has 3 rings (SSSR count). The predicted molar refractivity (Wildman–Crippen MR) is 77.3 cm³/mol. The number of phenolic OH excluding ortho intramolecular Hbond substituents is 1. The van der Waals surface area contributed by atoms with Crippen LogP contribution in [0.3, 0.4) is 0 Å². The Labute approximate surface area is 113 Å². The zero-order valence-electron chi connectivity index (χ0n) is 9.54. The number of benzene rings is 2. The molecule has 3 aromatic rings. The van der Waals surface area contributed by atoms with E-state index in [0.717, 1.165) is 21.5 Å². The largest absolute Gasteiger partial charge is 0.507 e. The predicted octanol–water partition coefficient (Wildman–Crippen LogP) is 4.29. The van der Waals surface area contributed by atoms with Crippen molar-refractivity contribution in [1.29, 1.82) is 0 Å². The van der Waals surface area contributed by atoms with Gasteiger partial charge in [-0.3, -0.25) is 0 Å². The van der Waals surface area contributed by atoms with Crippen molar-refractivity contribution in [3.63, 3.8) is 0 Å². The van der Waals surface area contributed by atoms with Gasteiger partial charge in [0.15, 0.2) is 0 Å². The molecule has 90 valence electrons. The van der Waals surface area contributed by atoms with Gasteiger partial charge in [-0.15, -0.1) is 23.1 Å². The molecule has 1 aromatic heterocycles. The molecule has 4 heteroatoms. The molecule has 2 aromatic carbocycles. The summed E-state index contributed by atoms with van der Waals surface area (Å²) < 4.78 is 0. The van der Waals surface area contributed by atoms with Gasteiger partial charge in [0.1, 0.15) is 10.8 Å². The Bertz CT molecular complexity index is 665. The average Bonchev–Trinajstić information content (AvgIpc) is 2.92. The molecule has 2 nitrogen and oxygen atoms in total. The zero-order valence-corrected chi connectivity index (χ0v) is 11.2. The van der Waals surface area contributed by atoms with E-state index in [1.165, 1.54) is 4.90 Å². The van der Waals surface area contributed by atoms with Crippen molar-refractivity contribution in [2.75, 3.05) is 0 Å². The van der Waals surface area contributed by atoms with Crippen molar-refractivity contribution >= 4 is 33.9 Å². The van der Waals surface area contributed by atoms with Gasteiger partial charge in [-0.2, -0.15) is 0 Å². The molecule has 0 radical (unpaired) electrons. The quantitative estimate of drug-likeness (QED) is 0.722. The Morgan fingerprint density at radius 3 is 2.72 bits per heavy atom. The number of phenols is 1. The van der Waals surface area contributed by atoms with Crippen molar-refractivity contribution in [1.82, 2.24) is 4.98 Å². The molecule has 0 aliphatic heterocycles. The van der Waals surface area contributed by atoms with Crippen LogP contribution in [0.25, 0.3) is 10.8 Å². The number of rotatable bonds is 3. The van der Waals surface area contributed by atoms with Crippen LogP contribution in [0.4, 0.5) is 0 Å². The summed E-state index contributed by atoms with van der Waals surface area (Å²) in [6, 6.07) is 11.6. The molecule has 1 N–H and O–H groups in total. The minimum atomic E-state index is 0.337. The second-order valence-electron chi connectivity index (χ2n) is 3.84. The number of hydrogen-bond acceptors (Lipinski definition) is 4. The average molecular weight is 273 g/mol. The van der Waals surface area contributed by atoms with E-state index < -0.39 is 0 Å². The normalized spacial score (nSPS) is 10.9. The number of aromatic hydroxyl groups is 1. The third-order valence-electron chi connectivity index (χ3n) is 2.70. The molecule has 0 amide bonds. The lowest BCUT2D eigenvalue weighted by Gasteiger charge is -2.06. The van der Waals surface area contributed by atoms with Gasteiger partial charge in [0.25, 0.3) is 0 Å². The standard InChI is InChI=1S/C14H11NOS2/c16-12-5-6-13(11-4-2-1-3-10(11)12)18-9-14-15-7-8-17-14/h1-8,16H,9H2. The fourth-order valence-corrected chi connectivity index (χ4v) is 3.55. The Kier molecular flexibility index (Phi) is 3.21. The molecule has 0 saturated heterocycles. The minimum Gasteiger partial charge on any atom is -0.507 e. The van der Waals surface area contributed by atoms with Crippen LogP contribution in [0.15, 0.2) is 52.9 Å². The maximum atomic E-state index is 9.83. The summed E-state index contributed by atoms with van der Waals surface area (Å²) in [6.45, 7) is 0. The lowest BCUT2D eigenvalue weighted by Crippen LogP contribution is -1.81. The number of thioether (sulfide) groups is 1. The SMILES string of the molecule is Oc1ccc(SCc2nccs2)c2ccccc12. The van der Waals surface area contributed by atoms with E-state index in [4.69, 9.17) is 0 Å². The third kappa shape index (κ3) is 2.21. The monoisotopic (exact) mass is 273 g/mol. The van der Waals surface area contributed by atoms with Crippen LogP contribution >= 0.6 is 23.1 Å². The van der Waals surface area contributed by atoms with E-state index >= 15 is 0 Å². The van der Waals surface area contributed by atoms with Gasteiger partial charge in [-0.05, 0) is 17.5 Å². The summed E-state index contributed by atoms with van der Waals surface area (Å²) in [5.41, 5.74) is 0. The van der Waals surface area contributed by atoms with Crippen LogP contribution in [0.5, 0.6) is 5.75 Å². The summed E-state index contributed by atoms with van der Waals surface area (Å²) in [5, 5.41) is 14.9. The van der Waals surface area contributed by atoms with Crippen LogP contribution in [-0.4, -0.2) is 10.1 Å². The summed E-state index contributed by atoms with van der Waals surface area (Å²) in [5.74, 6) is 1.20. The van der Waals surface area contributed by atoms with Gasteiger partial charge in [0.05, 0.1) is 5.75 Å². The number of hydrogen-bond donors (Lipinski definition) is 1. The lowest BCUT2D eigenvalue weighted by atomic mass is 10.1. The van der Waals surface area contributed by atoms with Gasteiger partial charge in [0, 0.05) is 21.9 Å². The van der Waals surface area contributed by atoms with Gasteiger partial charge in [0.2, 0.25) is 0 Å². The molecule has 0 spiro atoms. The van der Waals surface area contributed by atoms with Crippen LogP contribution in [0, 0.1) is 0 Å². The molecule has 0 bridgehead atoms. The molecular weight excluding hydrogens is 262 g/mol. The smallest absolute Gasteiger partial charge is 0.123 e. The highest BCUT2D eigenvalue weighted by Crippen LogP contribution is 2.34. The Hall–Kier alpha value is -1.52. The highest BCUT2D eigenvalue weighted by Gasteiger charge is 2.06. The first-order valence-corrected chi connectivity index (χ1v) is 7.43. The first-order chi connectivity index (χ1) is 8.84.